The number of carbonyl (C=O) groups excluding carboxylic acids is 2. The van der Waals surface area contributed by atoms with Gasteiger partial charge >= 0.3 is 5.97 Å². The van der Waals surface area contributed by atoms with Crippen molar-refractivity contribution in [2.45, 2.75) is 25.8 Å². The second-order valence-corrected chi connectivity index (χ2v) is 6.54. The fourth-order valence-electron chi connectivity index (χ4n) is 3.03. The van der Waals surface area contributed by atoms with Crippen molar-refractivity contribution in [2.24, 2.45) is 0 Å². The topological polar surface area (TPSA) is 81.2 Å². The lowest BCUT2D eigenvalue weighted by molar-refractivity contribution is -0.143. The number of rotatable bonds is 8. The second-order valence-electron chi connectivity index (χ2n) is 6.54. The van der Waals surface area contributed by atoms with Crippen LogP contribution in [0, 0.1) is 0 Å². The van der Waals surface area contributed by atoms with Gasteiger partial charge < -0.3 is 10.1 Å². The van der Waals surface area contributed by atoms with Crippen LogP contribution in [0.1, 0.15) is 29.4 Å². The van der Waals surface area contributed by atoms with Crippen LogP contribution < -0.4 is 5.32 Å². The summed E-state index contributed by atoms with van der Waals surface area (Å²) >= 11 is 0. The van der Waals surface area contributed by atoms with Gasteiger partial charge in [0.1, 0.15) is 12.0 Å². The highest BCUT2D eigenvalue weighted by Gasteiger charge is 2.19. The zero-order valence-electron chi connectivity index (χ0n) is 16.2. The first-order chi connectivity index (χ1) is 14.2. The predicted octanol–water partition coefficient (Wildman–Crippen LogP) is 3.44. The molecular weight excluding hydrogens is 366 g/mol. The smallest absolute Gasteiger partial charge is 0.307 e. The van der Waals surface area contributed by atoms with Gasteiger partial charge in [-0.3, -0.25) is 9.59 Å². The molecule has 0 unspecified atom stereocenters. The number of hydrogen-bond acceptors (Lipinski definition) is 5. The summed E-state index contributed by atoms with van der Waals surface area (Å²) in [6.07, 6.45) is 3.41. The first-order valence-electron chi connectivity index (χ1n) is 9.52. The van der Waals surface area contributed by atoms with Crippen molar-refractivity contribution in [2.75, 3.05) is 6.61 Å². The Labute approximate surface area is 170 Å². The molecule has 0 spiro atoms. The highest BCUT2D eigenvalue weighted by molar-refractivity contribution is 5.92. The predicted molar refractivity (Wildman–Crippen MR) is 110 cm³/mol. The highest BCUT2D eigenvalue weighted by Crippen LogP contribution is 2.20. The van der Waals surface area contributed by atoms with Crippen molar-refractivity contribution in [3.8, 4) is 11.1 Å². The van der Waals surface area contributed by atoms with Gasteiger partial charge in [-0.2, -0.15) is 0 Å². The fourth-order valence-corrected chi connectivity index (χ4v) is 3.03. The van der Waals surface area contributed by atoms with E-state index in [0.717, 1.165) is 16.7 Å². The number of esters is 1. The van der Waals surface area contributed by atoms with E-state index in [9.17, 15) is 9.59 Å². The van der Waals surface area contributed by atoms with Crippen molar-refractivity contribution >= 4 is 11.9 Å². The maximum atomic E-state index is 12.5. The molecule has 0 aliphatic heterocycles. The van der Waals surface area contributed by atoms with Crippen LogP contribution in [0.15, 0.2) is 73.2 Å². The van der Waals surface area contributed by atoms with Crippen LogP contribution in [0.25, 0.3) is 11.1 Å². The molecule has 1 atom stereocenters. The number of amides is 1. The molecule has 1 N–H and O–H groups in total. The second kappa shape index (κ2) is 10.1. The van der Waals surface area contributed by atoms with Gasteiger partial charge in [0.2, 0.25) is 0 Å². The molecule has 0 saturated heterocycles. The van der Waals surface area contributed by atoms with Crippen LogP contribution in [-0.2, 0) is 16.0 Å². The first-order valence-corrected chi connectivity index (χ1v) is 9.52. The van der Waals surface area contributed by atoms with E-state index in [-0.39, 0.29) is 24.0 Å². The van der Waals surface area contributed by atoms with Crippen molar-refractivity contribution in [3.63, 3.8) is 0 Å². The van der Waals surface area contributed by atoms with Gasteiger partial charge in [0.05, 0.1) is 13.0 Å². The summed E-state index contributed by atoms with van der Waals surface area (Å²) in [5.74, 6) is -0.691. The Bertz CT molecular complexity index is 929. The third-order valence-corrected chi connectivity index (χ3v) is 4.41. The van der Waals surface area contributed by atoms with Gasteiger partial charge in [-0.15, -0.1) is 0 Å². The Morgan fingerprint density at radius 2 is 1.72 bits per heavy atom. The van der Waals surface area contributed by atoms with Crippen LogP contribution in [-0.4, -0.2) is 34.5 Å². The van der Waals surface area contributed by atoms with E-state index in [2.05, 4.69) is 27.4 Å². The average molecular weight is 389 g/mol. The average Bonchev–Trinajstić information content (AvgIpc) is 2.75. The molecule has 0 radical (unpaired) electrons. The van der Waals surface area contributed by atoms with Crippen LogP contribution in [0.5, 0.6) is 0 Å². The largest absolute Gasteiger partial charge is 0.466 e. The molecule has 6 heteroatoms. The van der Waals surface area contributed by atoms with E-state index >= 15 is 0 Å². The quantitative estimate of drug-likeness (QED) is 0.597. The lowest BCUT2D eigenvalue weighted by Gasteiger charge is -2.18. The van der Waals surface area contributed by atoms with E-state index in [1.54, 1.807) is 6.92 Å². The number of ether oxygens (including phenoxy) is 1. The molecule has 3 aromatic rings. The SMILES string of the molecule is CCOC(=O)C[C@@H](Cc1ccc(-c2ccccc2)cc1)NC(=O)c1ccncn1. The van der Waals surface area contributed by atoms with Gasteiger partial charge in [-0.25, -0.2) is 9.97 Å². The Balaban J connectivity index is 1.72. The van der Waals surface area contributed by atoms with Gasteiger partial charge in [-0.1, -0.05) is 54.6 Å². The monoisotopic (exact) mass is 389 g/mol. The third kappa shape index (κ3) is 5.97. The lowest BCUT2D eigenvalue weighted by atomic mass is 9.99. The van der Waals surface area contributed by atoms with E-state index in [4.69, 9.17) is 4.74 Å². The number of nitrogens with one attached hydrogen (secondary N) is 1. The van der Waals surface area contributed by atoms with Crippen LogP contribution >= 0.6 is 0 Å². The van der Waals surface area contributed by atoms with Gasteiger partial charge in [-0.05, 0) is 36.1 Å². The number of hydrogen-bond donors (Lipinski definition) is 1. The molecule has 0 saturated carbocycles. The van der Waals surface area contributed by atoms with Crippen molar-refractivity contribution in [1.29, 1.82) is 0 Å². The molecule has 29 heavy (non-hydrogen) atoms. The summed E-state index contributed by atoms with van der Waals surface area (Å²) in [5, 5.41) is 2.89. The maximum absolute atomic E-state index is 12.5. The zero-order chi connectivity index (χ0) is 20.5. The minimum atomic E-state index is -0.404. The normalized spacial score (nSPS) is 11.5. The fraction of sp³-hybridized carbons (Fsp3) is 0.217. The molecule has 1 amide bonds. The summed E-state index contributed by atoms with van der Waals surface area (Å²) in [6, 6.07) is 19.3. The molecule has 0 aliphatic carbocycles. The first kappa shape index (κ1) is 20.2. The standard InChI is InChI=1S/C23H23N3O3/c1-2-29-22(27)15-20(26-23(28)21-12-13-24-16-25-21)14-17-8-10-19(11-9-17)18-6-4-3-5-7-18/h3-13,16,20H,2,14-15H2,1H3,(H,26,28)/t20-/m1/s1. The Hall–Kier alpha value is -3.54. The molecule has 3 rings (SSSR count). The van der Waals surface area contributed by atoms with Crippen molar-refractivity contribution in [3.05, 3.63) is 84.4 Å². The van der Waals surface area contributed by atoms with E-state index in [0.29, 0.717) is 13.0 Å². The molecule has 2 aromatic carbocycles. The minimum absolute atomic E-state index is 0.0884. The van der Waals surface area contributed by atoms with Crippen LogP contribution in [0.4, 0.5) is 0 Å². The lowest BCUT2D eigenvalue weighted by Crippen LogP contribution is -2.38. The molecule has 0 bridgehead atoms. The number of benzene rings is 2. The Kier molecular flexibility index (Phi) is 7.05. The van der Waals surface area contributed by atoms with E-state index in [1.165, 1.54) is 18.6 Å². The summed E-state index contributed by atoms with van der Waals surface area (Å²) < 4.78 is 5.06. The van der Waals surface area contributed by atoms with Crippen LogP contribution in [0.2, 0.25) is 0 Å². The van der Waals surface area contributed by atoms with Crippen LogP contribution in [0.3, 0.4) is 0 Å². The molecule has 1 heterocycles. The van der Waals surface area contributed by atoms with Crippen molar-refractivity contribution in [1.82, 2.24) is 15.3 Å². The third-order valence-electron chi connectivity index (χ3n) is 4.41. The molecule has 1 aromatic heterocycles. The highest BCUT2D eigenvalue weighted by atomic mass is 16.5. The van der Waals surface area contributed by atoms with Crippen molar-refractivity contribution < 1.29 is 14.3 Å². The number of aromatic nitrogens is 2. The number of carbonyl (C=O) groups is 2. The summed E-state index contributed by atoms with van der Waals surface area (Å²) in [6.45, 7) is 2.06. The van der Waals surface area contributed by atoms with E-state index < -0.39 is 6.04 Å². The molecule has 6 nitrogen and oxygen atoms in total. The van der Waals surface area contributed by atoms with Gasteiger partial charge in [0.15, 0.2) is 0 Å². The maximum Gasteiger partial charge on any atom is 0.307 e. The molecule has 0 aliphatic rings. The molecular formula is C23H23N3O3. The zero-order valence-corrected chi connectivity index (χ0v) is 16.2. The Morgan fingerprint density at radius 1 is 1.00 bits per heavy atom. The molecule has 148 valence electrons. The van der Waals surface area contributed by atoms with E-state index in [1.807, 2.05) is 42.5 Å². The van der Waals surface area contributed by atoms with Gasteiger partial charge in [0.25, 0.3) is 5.91 Å². The Morgan fingerprint density at radius 3 is 2.38 bits per heavy atom. The number of nitrogens with zero attached hydrogens (tertiary/aromatic N) is 2. The van der Waals surface area contributed by atoms with Gasteiger partial charge in [0, 0.05) is 12.2 Å². The molecule has 0 fully saturated rings. The summed E-state index contributed by atoms with van der Waals surface area (Å²) in [5.41, 5.74) is 3.52. The summed E-state index contributed by atoms with van der Waals surface area (Å²) in [7, 11) is 0. The minimum Gasteiger partial charge on any atom is -0.466 e. The summed E-state index contributed by atoms with van der Waals surface area (Å²) in [4.78, 5) is 32.2.